The number of amides is 1. The van der Waals surface area contributed by atoms with Gasteiger partial charge in [-0.1, -0.05) is 0 Å². The highest BCUT2D eigenvalue weighted by Gasteiger charge is 2.18. The van der Waals surface area contributed by atoms with Gasteiger partial charge in [0.15, 0.2) is 0 Å². The highest BCUT2D eigenvalue weighted by Crippen LogP contribution is 2.17. The highest BCUT2D eigenvalue weighted by molar-refractivity contribution is 7.92. The van der Waals surface area contributed by atoms with Crippen LogP contribution in [0.5, 0.6) is 0 Å². The fourth-order valence-electron chi connectivity index (χ4n) is 2.75. The summed E-state index contributed by atoms with van der Waals surface area (Å²) >= 11 is 0. The molecule has 2 N–H and O–H groups in total. The number of nitrogens with one attached hydrogen (secondary N) is 2. The maximum absolute atomic E-state index is 13.1. The number of hydrogen-bond acceptors (Lipinski definition) is 7. The van der Waals surface area contributed by atoms with Crippen LogP contribution in [0.1, 0.15) is 16.4 Å². The number of halogens is 1. The van der Waals surface area contributed by atoms with Gasteiger partial charge in [0.1, 0.15) is 11.6 Å². The van der Waals surface area contributed by atoms with Crippen LogP contribution >= 0.6 is 0 Å². The maximum Gasteiger partial charge on any atom is 0.295 e. The molecule has 0 bridgehead atoms. The van der Waals surface area contributed by atoms with Gasteiger partial charge in [-0.15, -0.1) is 5.10 Å². The lowest BCUT2D eigenvalue weighted by molar-refractivity contribution is 0.101. The SMILES string of the molecule is Cc1nc(C(=O)Nc2ccc(S(=O)(=O)Nc3ncccn3)cc2)nn1-c1ccc(F)cc1. The van der Waals surface area contributed by atoms with Gasteiger partial charge in [-0.3, -0.25) is 4.79 Å². The van der Waals surface area contributed by atoms with Crippen LogP contribution in [0.3, 0.4) is 0 Å². The fourth-order valence-corrected chi connectivity index (χ4v) is 3.71. The molecule has 2 aromatic heterocycles. The van der Waals surface area contributed by atoms with Crippen LogP contribution in [0, 0.1) is 12.7 Å². The van der Waals surface area contributed by atoms with E-state index in [1.807, 2.05) is 0 Å². The zero-order chi connectivity index (χ0) is 22.7. The molecule has 0 atom stereocenters. The predicted octanol–water partition coefficient (Wildman–Crippen LogP) is 2.56. The molecule has 0 saturated heterocycles. The molecule has 0 spiro atoms. The average molecular weight is 453 g/mol. The molecule has 4 rings (SSSR count). The van der Waals surface area contributed by atoms with Crippen LogP contribution in [-0.2, 0) is 10.0 Å². The van der Waals surface area contributed by atoms with E-state index in [9.17, 15) is 17.6 Å². The van der Waals surface area contributed by atoms with E-state index < -0.39 is 15.9 Å². The number of aromatic nitrogens is 5. The molecule has 0 aliphatic rings. The summed E-state index contributed by atoms with van der Waals surface area (Å²) in [5, 5.41) is 6.77. The van der Waals surface area contributed by atoms with Gasteiger partial charge in [0.05, 0.1) is 10.6 Å². The maximum atomic E-state index is 13.1. The molecule has 10 nitrogen and oxygen atoms in total. The van der Waals surface area contributed by atoms with Crippen molar-refractivity contribution in [3.8, 4) is 5.69 Å². The average Bonchev–Trinajstić information content (AvgIpc) is 3.17. The summed E-state index contributed by atoms with van der Waals surface area (Å²) in [6, 6.07) is 12.7. The topological polar surface area (TPSA) is 132 Å². The standard InChI is InChI=1S/C20H16FN7O3S/c1-13-24-18(26-28(13)16-7-3-14(21)4-8-16)19(29)25-15-5-9-17(10-6-15)32(30,31)27-20-22-11-2-12-23-20/h2-12H,1H3,(H,25,29)(H,22,23,27). The molecule has 0 aliphatic carbocycles. The Morgan fingerprint density at radius 2 is 1.66 bits per heavy atom. The third kappa shape index (κ3) is 4.59. The Balaban J connectivity index is 1.47. The van der Waals surface area contributed by atoms with E-state index in [0.29, 0.717) is 17.2 Å². The second kappa shape index (κ2) is 8.51. The van der Waals surface area contributed by atoms with Crippen LogP contribution in [0.15, 0.2) is 71.9 Å². The first-order valence-corrected chi connectivity index (χ1v) is 10.7. The molecule has 162 valence electrons. The number of anilines is 2. The van der Waals surface area contributed by atoms with Crippen LogP contribution in [0.2, 0.25) is 0 Å². The van der Waals surface area contributed by atoms with Crippen molar-refractivity contribution < 1.29 is 17.6 Å². The molecule has 32 heavy (non-hydrogen) atoms. The van der Waals surface area contributed by atoms with Crippen molar-refractivity contribution in [2.75, 3.05) is 10.0 Å². The number of nitrogens with zero attached hydrogens (tertiary/aromatic N) is 5. The Kier molecular flexibility index (Phi) is 5.60. The summed E-state index contributed by atoms with van der Waals surface area (Å²) in [6.45, 7) is 1.66. The van der Waals surface area contributed by atoms with Gasteiger partial charge >= 0.3 is 0 Å². The van der Waals surface area contributed by atoms with Crippen molar-refractivity contribution in [1.29, 1.82) is 0 Å². The van der Waals surface area contributed by atoms with Gasteiger partial charge in [0.25, 0.3) is 15.9 Å². The summed E-state index contributed by atoms with van der Waals surface area (Å²) in [5.41, 5.74) is 0.903. The van der Waals surface area contributed by atoms with E-state index in [0.717, 1.165) is 0 Å². The Bertz CT molecular complexity index is 1360. The van der Waals surface area contributed by atoms with E-state index in [-0.39, 0.29) is 22.5 Å². The minimum atomic E-state index is -3.89. The highest BCUT2D eigenvalue weighted by atomic mass is 32.2. The molecule has 0 unspecified atom stereocenters. The van der Waals surface area contributed by atoms with Gasteiger partial charge in [-0.2, -0.15) is 0 Å². The van der Waals surface area contributed by atoms with E-state index in [4.69, 9.17) is 0 Å². The number of rotatable bonds is 6. The smallest absolute Gasteiger partial charge is 0.295 e. The predicted molar refractivity (Wildman–Crippen MR) is 113 cm³/mol. The van der Waals surface area contributed by atoms with Gasteiger partial charge < -0.3 is 5.32 Å². The summed E-state index contributed by atoms with van der Waals surface area (Å²) in [7, 11) is -3.89. The second-order valence-corrected chi connectivity index (χ2v) is 8.21. The van der Waals surface area contributed by atoms with Gasteiger partial charge in [0, 0.05) is 18.1 Å². The number of carbonyl (C=O) groups is 1. The fraction of sp³-hybridized carbons (Fsp3) is 0.0500. The first-order valence-electron chi connectivity index (χ1n) is 9.23. The Hall–Kier alpha value is -4.19. The lowest BCUT2D eigenvalue weighted by Crippen LogP contribution is -2.16. The van der Waals surface area contributed by atoms with Gasteiger partial charge in [-0.05, 0) is 61.5 Å². The summed E-state index contributed by atoms with van der Waals surface area (Å²) in [5.74, 6) is -0.672. The Morgan fingerprint density at radius 3 is 2.31 bits per heavy atom. The van der Waals surface area contributed by atoms with Gasteiger partial charge in [0.2, 0.25) is 11.8 Å². The van der Waals surface area contributed by atoms with E-state index in [1.54, 1.807) is 13.0 Å². The van der Waals surface area contributed by atoms with Crippen molar-refractivity contribution in [3.05, 3.63) is 84.5 Å². The van der Waals surface area contributed by atoms with Crippen molar-refractivity contribution in [3.63, 3.8) is 0 Å². The zero-order valence-corrected chi connectivity index (χ0v) is 17.4. The van der Waals surface area contributed by atoms with Crippen LogP contribution < -0.4 is 10.0 Å². The van der Waals surface area contributed by atoms with E-state index in [2.05, 4.69) is 30.1 Å². The second-order valence-electron chi connectivity index (χ2n) is 6.53. The largest absolute Gasteiger partial charge is 0.319 e. The van der Waals surface area contributed by atoms with E-state index >= 15 is 0 Å². The zero-order valence-electron chi connectivity index (χ0n) is 16.6. The number of aryl methyl sites for hydroxylation is 1. The van der Waals surface area contributed by atoms with Crippen LogP contribution in [0.25, 0.3) is 5.69 Å². The minimum absolute atomic E-state index is 0.0301. The monoisotopic (exact) mass is 453 g/mol. The molecule has 0 aliphatic heterocycles. The third-order valence-corrected chi connectivity index (χ3v) is 5.60. The summed E-state index contributed by atoms with van der Waals surface area (Å²) in [4.78, 5) is 24.3. The molecular weight excluding hydrogens is 437 g/mol. The molecule has 4 aromatic rings. The number of hydrogen-bond donors (Lipinski definition) is 2. The first kappa shape index (κ1) is 21.1. The molecule has 2 aromatic carbocycles. The normalized spacial score (nSPS) is 11.2. The number of benzene rings is 2. The quantitative estimate of drug-likeness (QED) is 0.459. The third-order valence-electron chi connectivity index (χ3n) is 4.26. The molecule has 12 heteroatoms. The van der Waals surface area contributed by atoms with Crippen molar-refractivity contribution in [2.24, 2.45) is 0 Å². The van der Waals surface area contributed by atoms with Crippen molar-refractivity contribution >= 4 is 27.6 Å². The molecule has 0 fully saturated rings. The van der Waals surface area contributed by atoms with Crippen LogP contribution in [0.4, 0.5) is 16.0 Å². The summed E-state index contributed by atoms with van der Waals surface area (Å²) < 4.78 is 41.7. The lowest BCUT2D eigenvalue weighted by Gasteiger charge is -2.07. The number of sulfonamides is 1. The molecular formula is C20H16FN7O3S. The lowest BCUT2D eigenvalue weighted by atomic mass is 10.3. The van der Waals surface area contributed by atoms with Crippen LogP contribution in [-0.4, -0.2) is 39.1 Å². The molecule has 0 saturated carbocycles. The van der Waals surface area contributed by atoms with Crippen molar-refractivity contribution in [2.45, 2.75) is 11.8 Å². The summed E-state index contributed by atoms with van der Waals surface area (Å²) in [6.07, 6.45) is 2.83. The minimum Gasteiger partial charge on any atom is -0.319 e. The molecule has 2 heterocycles. The van der Waals surface area contributed by atoms with Crippen molar-refractivity contribution in [1.82, 2.24) is 24.7 Å². The number of carbonyl (C=O) groups excluding carboxylic acids is 1. The Morgan fingerprint density at radius 1 is 1.00 bits per heavy atom. The Labute approximate surface area is 182 Å². The molecule has 1 amide bonds. The molecule has 0 radical (unpaired) electrons. The van der Waals surface area contributed by atoms with Gasteiger partial charge in [-0.25, -0.2) is 37.2 Å². The first-order chi connectivity index (χ1) is 15.3. The van der Waals surface area contributed by atoms with E-state index in [1.165, 1.54) is 65.6 Å².